The van der Waals surface area contributed by atoms with Gasteiger partial charge in [-0.25, -0.2) is 18.6 Å². The predicted octanol–water partition coefficient (Wildman–Crippen LogP) is 4.88. The summed E-state index contributed by atoms with van der Waals surface area (Å²) >= 11 is 1.36. The first-order chi connectivity index (χ1) is 20.7. The molecule has 1 aromatic heterocycles. The number of nitrogens with one attached hydrogen (secondary N) is 2. The first kappa shape index (κ1) is 29.0. The van der Waals surface area contributed by atoms with Crippen molar-refractivity contribution in [3.05, 3.63) is 66.3 Å². The molecule has 43 heavy (non-hydrogen) atoms. The Morgan fingerprint density at radius 3 is 2.77 bits per heavy atom. The van der Waals surface area contributed by atoms with Crippen LogP contribution < -0.4 is 15.4 Å². The molecule has 0 radical (unpaired) electrons. The van der Waals surface area contributed by atoms with E-state index < -0.39 is 53.1 Å². The minimum absolute atomic E-state index is 0.0756. The number of anilines is 1. The number of aromatic nitrogens is 1. The Morgan fingerprint density at radius 1 is 1.14 bits per heavy atom. The Bertz CT molecular complexity index is 1550. The van der Waals surface area contributed by atoms with Gasteiger partial charge in [0.1, 0.15) is 23.7 Å². The molecule has 0 unspecified atom stereocenters. The fourth-order valence-electron chi connectivity index (χ4n) is 5.98. The second kappa shape index (κ2) is 11.9. The number of carbonyl (C=O) groups excluding carboxylic acids is 2. The van der Waals surface area contributed by atoms with Crippen LogP contribution >= 0.6 is 11.3 Å². The van der Waals surface area contributed by atoms with E-state index in [9.17, 15) is 28.3 Å². The number of rotatable bonds is 5. The van der Waals surface area contributed by atoms with Gasteiger partial charge in [-0.2, -0.15) is 0 Å². The number of carbonyl (C=O) groups is 3. The molecule has 3 N–H and O–H groups in total. The van der Waals surface area contributed by atoms with E-state index in [-0.39, 0.29) is 31.0 Å². The number of benzene rings is 2. The molecule has 6 rings (SSSR count). The number of carboxylic acids is 1. The maximum absolute atomic E-state index is 14.1. The van der Waals surface area contributed by atoms with Crippen molar-refractivity contribution in [1.82, 2.24) is 15.2 Å². The van der Waals surface area contributed by atoms with Crippen molar-refractivity contribution >= 4 is 45.0 Å². The van der Waals surface area contributed by atoms with E-state index in [0.717, 1.165) is 41.6 Å². The Morgan fingerprint density at radius 2 is 1.98 bits per heavy atom. The van der Waals surface area contributed by atoms with Gasteiger partial charge in [-0.05, 0) is 49.9 Å². The zero-order valence-corrected chi connectivity index (χ0v) is 24.1. The average molecular weight is 611 g/mol. The number of hydrogen-bond donors (Lipinski definition) is 3. The summed E-state index contributed by atoms with van der Waals surface area (Å²) in [7, 11) is 0. The number of aliphatic carboxylic acids is 1. The molecule has 0 bridgehead atoms. The normalized spacial score (nSPS) is 28.7. The number of halogens is 2. The van der Waals surface area contributed by atoms with Crippen molar-refractivity contribution in [2.75, 3.05) is 11.9 Å². The second-order valence-corrected chi connectivity index (χ2v) is 12.4. The van der Waals surface area contributed by atoms with E-state index in [2.05, 4.69) is 15.6 Å². The summed E-state index contributed by atoms with van der Waals surface area (Å²) in [5, 5.41) is 16.2. The van der Waals surface area contributed by atoms with Gasteiger partial charge in [-0.1, -0.05) is 48.5 Å². The van der Waals surface area contributed by atoms with Crippen molar-refractivity contribution in [3.63, 3.8) is 0 Å². The lowest BCUT2D eigenvalue weighted by Crippen LogP contribution is -2.55. The first-order valence-corrected chi connectivity index (χ1v) is 15.3. The topological polar surface area (TPSA) is 121 Å². The molecule has 1 aliphatic carbocycles. The standard InChI is InChI=1S/C31H32F2N4O5S/c32-21-13-12-19(14-22(21)33)34-24-10-5-3-1-2-4-8-18-16-31(18,29(40)41)36-27(38)25-15-20(17-37(25)28(24)39)42-30-35-23-9-6-7-11-26(23)43-30/h4,6-9,11-14,18,20,24-25,34H,1-3,5,10,15-17H2,(H,36,38)(H,40,41)/b8-4-/t18-,20+,24-,25-,31+/m0/s1. The number of hydrogen-bond acceptors (Lipinski definition) is 7. The SMILES string of the molecule is O=C1N[C@]2(C(=O)O)C[C@@H]2/C=C\CCCCC[C@H](Nc2ccc(F)c(F)c2)C(=O)N2C[C@H](Oc3nc4ccccc4s3)C[C@@H]12. The minimum atomic E-state index is -1.42. The molecule has 9 nitrogen and oxygen atoms in total. The second-order valence-electron chi connectivity index (χ2n) is 11.4. The Hall–Kier alpha value is -4.06. The highest BCUT2D eigenvalue weighted by molar-refractivity contribution is 7.20. The van der Waals surface area contributed by atoms with Gasteiger partial charge in [0.2, 0.25) is 11.8 Å². The number of carboxylic acid groups (broad SMARTS) is 1. The maximum atomic E-state index is 14.1. The number of fused-ring (bicyclic) bond motifs is 3. The van der Waals surface area contributed by atoms with Crippen molar-refractivity contribution in [3.8, 4) is 5.19 Å². The van der Waals surface area contributed by atoms with Crippen LogP contribution in [-0.4, -0.2) is 63.0 Å². The quantitative estimate of drug-likeness (QED) is 0.352. The number of para-hydroxylation sites is 1. The molecule has 1 saturated carbocycles. The fourth-order valence-corrected chi connectivity index (χ4v) is 6.86. The highest BCUT2D eigenvalue weighted by Crippen LogP contribution is 2.45. The molecule has 2 amide bonds. The van der Waals surface area contributed by atoms with Crippen LogP contribution in [0.4, 0.5) is 14.5 Å². The summed E-state index contributed by atoms with van der Waals surface area (Å²) in [5.74, 6) is -4.45. The van der Waals surface area contributed by atoms with Gasteiger partial charge < -0.3 is 25.4 Å². The number of amides is 2. The molecular formula is C31H32F2N4O5S. The fraction of sp³-hybridized carbons (Fsp3) is 0.419. The predicted molar refractivity (Wildman–Crippen MR) is 157 cm³/mol. The Kier molecular flexibility index (Phi) is 8.04. The third kappa shape index (κ3) is 6.06. The summed E-state index contributed by atoms with van der Waals surface area (Å²) in [6, 6.07) is 9.11. The number of thiazole rings is 1. The van der Waals surface area contributed by atoms with E-state index in [1.807, 2.05) is 36.4 Å². The average Bonchev–Trinajstić information content (AvgIpc) is 3.30. The van der Waals surface area contributed by atoms with E-state index in [1.165, 1.54) is 22.3 Å². The summed E-state index contributed by atoms with van der Waals surface area (Å²) in [6.45, 7) is 0.0756. The maximum Gasteiger partial charge on any atom is 0.330 e. The van der Waals surface area contributed by atoms with E-state index >= 15 is 0 Å². The lowest BCUT2D eigenvalue weighted by atomic mass is 10.0. The summed E-state index contributed by atoms with van der Waals surface area (Å²) < 4.78 is 34.7. The molecule has 12 heteroatoms. The molecular weight excluding hydrogens is 578 g/mol. The minimum Gasteiger partial charge on any atom is -0.479 e. The molecule has 2 aliphatic heterocycles. The number of allylic oxidation sites excluding steroid dienone is 1. The Balaban J connectivity index is 1.29. The molecule has 3 aromatic rings. The molecule has 1 saturated heterocycles. The molecule has 2 aromatic carbocycles. The van der Waals surface area contributed by atoms with Gasteiger partial charge in [-0.3, -0.25) is 9.59 Å². The summed E-state index contributed by atoms with van der Waals surface area (Å²) in [6.07, 6.45) is 7.13. The first-order valence-electron chi connectivity index (χ1n) is 14.5. The van der Waals surface area contributed by atoms with Crippen LogP contribution in [0.5, 0.6) is 5.19 Å². The van der Waals surface area contributed by atoms with Crippen LogP contribution in [0.2, 0.25) is 0 Å². The molecule has 226 valence electrons. The largest absolute Gasteiger partial charge is 0.479 e. The zero-order valence-electron chi connectivity index (χ0n) is 23.3. The molecule has 3 aliphatic rings. The highest BCUT2D eigenvalue weighted by atomic mass is 32.1. The van der Waals surface area contributed by atoms with Crippen LogP contribution in [0.1, 0.15) is 44.9 Å². The molecule has 0 spiro atoms. The van der Waals surface area contributed by atoms with Crippen LogP contribution in [0.3, 0.4) is 0 Å². The molecule has 5 atom stereocenters. The third-order valence-corrected chi connectivity index (χ3v) is 9.35. The third-order valence-electron chi connectivity index (χ3n) is 8.42. The van der Waals surface area contributed by atoms with Gasteiger partial charge in [0.05, 0.1) is 16.8 Å². The van der Waals surface area contributed by atoms with Gasteiger partial charge in [0, 0.05) is 24.1 Å². The van der Waals surface area contributed by atoms with E-state index in [1.54, 1.807) is 0 Å². The monoisotopic (exact) mass is 610 g/mol. The molecule has 3 heterocycles. The van der Waals surface area contributed by atoms with Crippen LogP contribution in [0.25, 0.3) is 10.2 Å². The van der Waals surface area contributed by atoms with Crippen molar-refractivity contribution in [2.24, 2.45) is 5.92 Å². The van der Waals surface area contributed by atoms with Crippen molar-refractivity contribution in [2.45, 2.75) is 68.7 Å². The number of nitrogens with zero attached hydrogens (tertiary/aromatic N) is 2. The molecule has 2 fully saturated rings. The van der Waals surface area contributed by atoms with Crippen LogP contribution in [-0.2, 0) is 14.4 Å². The van der Waals surface area contributed by atoms with Gasteiger partial charge in [0.25, 0.3) is 5.19 Å². The van der Waals surface area contributed by atoms with Gasteiger partial charge in [0.15, 0.2) is 11.6 Å². The number of ether oxygens (including phenoxy) is 1. The summed E-state index contributed by atoms with van der Waals surface area (Å²) in [4.78, 5) is 46.1. The van der Waals surface area contributed by atoms with Gasteiger partial charge >= 0.3 is 5.97 Å². The van der Waals surface area contributed by atoms with E-state index in [0.29, 0.717) is 18.0 Å². The van der Waals surface area contributed by atoms with Crippen LogP contribution in [0.15, 0.2) is 54.6 Å². The van der Waals surface area contributed by atoms with Crippen LogP contribution in [0, 0.1) is 17.6 Å². The summed E-state index contributed by atoms with van der Waals surface area (Å²) in [5.41, 5.74) is -0.403. The van der Waals surface area contributed by atoms with Crippen molar-refractivity contribution in [1.29, 1.82) is 0 Å². The lowest BCUT2D eigenvalue weighted by molar-refractivity contribution is -0.145. The van der Waals surface area contributed by atoms with E-state index in [4.69, 9.17) is 4.74 Å². The lowest BCUT2D eigenvalue weighted by Gasteiger charge is -2.30. The smallest absolute Gasteiger partial charge is 0.330 e. The Labute approximate surface area is 250 Å². The van der Waals surface area contributed by atoms with Crippen molar-refractivity contribution < 1.29 is 33.0 Å². The highest BCUT2D eigenvalue weighted by Gasteiger charge is 2.61. The van der Waals surface area contributed by atoms with Gasteiger partial charge in [-0.15, -0.1) is 0 Å². The zero-order chi connectivity index (χ0) is 30.1.